The third-order valence-electron chi connectivity index (χ3n) is 3.76. The van der Waals surface area contributed by atoms with Gasteiger partial charge in [-0.2, -0.15) is 0 Å². The Balaban J connectivity index is 2.06. The zero-order chi connectivity index (χ0) is 19.2. The molecule has 140 valence electrons. The quantitative estimate of drug-likeness (QED) is 0.293. The van der Waals surface area contributed by atoms with Crippen LogP contribution in [0.5, 0.6) is 0 Å². The van der Waals surface area contributed by atoms with Crippen molar-refractivity contribution in [1.29, 1.82) is 0 Å². The highest BCUT2D eigenvalue weighted by atomic mass is 32.2. The highest BCUT2D eigenvalue weighted by Crippen LogP contribution is 2.29. The lowest BCUT2D eigenvalue weighted by Gasteiger charge is -2.24. The van der Waals surface area contributed by atoms with E-state index < -0.39 is 26.5 Å². The number of allylic oxidation sites excluding steroid dienone is 1. The molecule has 0 fully saturated rings. The van der Waals surface area contributed by atoms with Gasteiger partial charge in [-0.15, -0.1) is 0 Å². The predicted molar refractivity (Wildman–Crippen MR) is 93.2 cm³/mol. The van der Waals surface area contributed by atoms with Gasteiger partial charge < -0.3 is 9.47 Å². The van der Waals surface area contributed by atoms with Crippen molar-refractivity contribution >= 4 is 15.8 Å². The van der Waals surface area contributed by atoms with E-state index in [1.807, 2.05) is 6.07 Å². The average Bonchev–Trinajstić information content (AvgIpc) is 2.60. The van der Waals surface area contributed by atoms with Crippen LogP contribution in [0.15, 0.2) is 53.5 Å². The molecule has 1 aliphatic rings. The summed E-state index contributed by atoms with van der Waals surface area (Å²) in [5.74, 6) is -0.964. The van der Waals surface area contributed by atoms with Crippen molar-refractivity contribution in [2.45, 2.75) is 25.7 Å². The normalized spacial score (nSPS) is 19.7. The number of carbonyl (C=O) groups is 1. The van der Waals surface area contributed by atoms with Crippen molar-refractivity contribution in [1.82, 2.24) is 0 Å². The number of nitro groups is 1. The van der Waals surface area contributed by atoms with Gasteiger partial charge in [0.15, 0.2) is 9.84 Å². The second-order valence-electron chi connectivity index (χ2n) is 5.68. The van der Waals surface area contributed by atoms with Crippen LogP contribution in [0.1, 0.15) is 18.9 Å². The first-order valence-corrected chi connectivity index (χ1v) is 9.48. The molecule has 1 aromatic rings. The largest absolute Gasteiger partial charge is 0.465 e. The van der Waals surface area contributed by atoms with Gasteiger partial charge in [0.25, 0.3) is 0 Å². The molecule has 0 saturated heterocycles. The standard InChI is InChI=1S/C17H19NO7S/c1-14(19)24-11-12-26(22,23)16-7-9-17(10-8-16,18(20)21)25-13-15-5-3-2-4-6-15/h2-9H,10-13H2,1H3. The van der Waals surface area contributed by atoms with Crippen LogP contribution in [0.2, 0.25) is 0 Å². The molecule has 0 aromatic heterocycles. The fourth-order valence-electron chi connectivity index (χ4n) is 2.32. The Hall–Kier alpha value is -2.52. The van der Waals surface area contributed by atoms with Gasteiger partial charge in [-0.25, -0.2) is 8.42 Å². The summed E-state index contributed by atoms with van der Waals surface area (Å²) in [4.78, 5) is 21.6. The fraction of sp³-hybridized carbons (Fsp3) is 0.353. The number of benzene rings is 1. The maximum atomic E-state index is 12.2. The number of nitrogens with zero attached hydrogens (tertiary/aromatic N) is 1. The third kappa shape index (κ3) is 4.99. The van der Waals surface area contributed by atoms with Crippen molar-refractivity contribution in [2.75, 3.05) is 12.4 Å². The van der Waals surface area contributed by atoms with E-state index in [1.54, 1.807) is 24.3 Å². The Morgan fingerprint density at radius 3 is 2.54 bits per heavy atom. The van der Waals surface area contributed by atoms with Gasteiger partial charge >= 0.3 is 11.7 Å². The topological polar surface area (TPSA) is 113 Å². The number of rotatable bonds is 8. The summed E-state index contributed by atoms with van der Waals surface area (Å²) in [5, 5.41) is 11.5. The van der Waals surface area contributed by atoms with E-state index in [2.05, 4.69) is 4.74 Å². The van der Waals surface area contributed by atoms with E-state index in [0.717, 1.165) is 11.6 Å². The van der Waals surface area contributed by atoms with Gasteiger partial charge in [-0.05, 0) is 11.6 Å². The van der Waals surface area contributed by atoms with Gasteiger partial charge in [0.05, 0.1) is 28.6 Å². The Morgan fingerprint density at radius 2 is 2.00 bits per heavy atom. The predicted octanol–water partition coefficient (Wildman–Crippen LogP) is 2.00. The van der Waals surface area contributed by atoms with E-state index in [4.69, 9.17) is 4.74 Å². The molecule has 0 saturated carbocycles. The van der Waals surface area contributed by atoms with Crippen molar-refractivity contribution in [3.05, 3.63) is 69.1 Å². The Bertz CT molecular complexity index is 830. The Morgan fingerprint density at radius 1 is 1.31 bits per heavy atom. The number of carbonyl (C=O) groups excluding carboxylic acids is 1. The molecule has 8 nitrogen and oxygen atoms in total. The summed E-state index contributed by atoms with van der Waals surface area (Å²) in [5.41, 5.74) is -1.05. The molecular formula is C17H19NO7S. The maximum Gasteiger partial charge on any atom is 0.348 e. The molecule has 0 spiro atoms. The first kappa shape index (κ1) is 19.8. The zero-order valence-electron chi connectivity index (χ0n) is 14.2. The first-order chi connectivity index (χ1) is 12.3. The van der Waals surface area contributed by atoms with Crippen molar-refractivity contribution in [2.24, 2.45) is 0 Å². The molecular weight excluding hydrogens is 362 g/mol. The molecule has 0 heterocycles. The Kier molecular flexibility index (Phi) is 6.27. The summed E-state index contributed by atoms with van der Waals surface area (Å²) < 4.78 is 34.5. The molecule has 0 bridgehead atoms. The summed E-state index contributed by atoms with van der Waals surface area (Å²) in [6.45, 7) is 0.935. The molecule has 1 atom stereocenters. The smallest absolute Gasteiger partial charge is 0.348 e. The molecule has 0 amide bonds. The molecule has 9 heteroatoms. The van der Waals surface area contributed by atoms with Crippen LogP contribution in [-0.4, -0.2) is 37.4 Å². The van der Waals surface area contributed by atoms with Crippen LogP contribution in [0.4, 0.5) is 0 Å². The molecule has 0 radical (unpaired) electrons. The molecule has 2 rings (SSSR count). The van der Waals surface area contributed by atoms with E-state index in [1.165, 1.54) is 19.1 Å². The van der Waals surface area contributed by atoms with E-state index in [-0.39, 0.29) is 30.3 Å². The van der Waals surface area contributed by atoms with E-state index in [0.29, 0.717) is 0 Å². The minimum atomic E-state index is -3.70. The molecule has 1 aliphatic carbocycles. The number of sulfone groups is 1. The fourth-order valence-corrected chi connectivity index (χ4v) is 3.47. The molecule has 1 unspecified atom stereocenters. The van der Waals surface area contributed by atoms with Crippen LogP contribution in [0, 0.1) is 10.1 Å². The van der Waals surface area contributed by atoms with Crippen molar-refractivity contribution in [3.8, 4) is 0 Å². The van der Waals surface area contributed by atoms with E-state index >= 15 is 0 Å². The molecule has 0 N–H and O–H groups in total. The maximum absolute atomic E-state index is 12.2. The van der Waals surface area contributed by atoms with Gasteiger partial charge in [-0.1, -0.05) is 36.4 Å². The third-order valence-corrected chi connectivity index (χ3v) is 5.49. The number of hydrogen-bond acceptors (Lipinski definition) is 7. The van der Waals surface area contributed by atoms with Gasteiger partial charge in [-0.3, -0.25) is 14.9 Å². The van der Waals surface area contributed by atoms with Gasteiger partial charge in [0, 0.05) is 13.0 Å². The highest BCUT2D eigenvalue weighted by molar-refractivity contribution is 7.95. The van der Waals surface area contributed by atoms with Crippen LogP contribution in [-0.2, 0) is 30.7 Å². The SMILES string of the molecule is CC(=O)OCCS(=O)(=O)C1=CCC(OCc2ccccc2)([N+](=O)[O-])C=C1. The summed E-state index contributed by atoms with van der Waals surface area (Å²) in [6, 6.07) is 8.97. The number of hydrogen-bond donors (Lipinski definition) is 0. The second kappa shape index (κ2) is 8.24. The van der Waals surface area contributed by atoms with Gasteiger partial charge in [0.1, 0.15) is 6.61 Å². The number of ether oxygens (including phenoxy) is 2. The van der Waals surface area contributed by atoms with Crippen LogP contribution < -0.4 is 0 Å². The lowest BCUT2D eigenvalue weighted by molar-refractivity contribution is -0.614. The first-order valence-electron chi connectivity index (χ1n) is 7.83. The Labute approximate surface area is 151 Å². The molecule has 1 aromatic carbocycles. The van der Waals surface area contributed by atoms with Crippen LogP contribution in [0.25, 0.3) is 0 Å². The molecule has 26 heavy (non-hydrogen) atoms. The minimum absolute atomic E-state index is 0.0224. The van der Waals surface area contributed by atoms with Gasteiger partial charge in [0.2, 0.25) is 0 Å². The zero-order valence-corrected chi connectivity index (χ0v) is 15.0. The summed E-state index contributed by atoms with van der Waals surface area (Å²) in [7, 11) is -3.70. The monoisotopic (exact) mass is 381 g/mol. The summed E-state index contributed by atoms with van der Waals surface area (Å²) >= 11 is 0. The van der Waals surface area contributed by atoms with E-state index in [9.17, 15) is 23.3 Å². The molecule has 0 aliphatic heterocycles. The minimum Gasteiger partial charge on any atom is -0.465 e. The van der Waals surface area contributed by atoms with Crippen molar-refractivity contribution in [3.63, 3.8) is 0 Å². The average molecular weight is 381 g/mol. The lowest BCUT2D eigenvalue weighted by atomic mass is 10.1. The summed E-state index contributed by atoms with van der Waals surface area (Å²) in [6.07, 6.45) is 3.36. The van der Waals surface area contributed by atoms with Crippen LogP contribution >= 0.6 is 0 Å². The lowest BCUT2D eigenvalue weighted by Crippen LogP contribution is -2.40. The van der Waals surface area contributed by atoms with Crippen LogP contribution in [0.3, 0.4) is 0 Å². The van der Waals surface area contributed by atoms with Crippen molar-refractivity contribution < 1.29 is 27.6 Å². The highest BCUT2D eigenvalue weighted by Gasteiger charge is 2.43. The number of esters is 1. The second-order valence-corrected chi connectivity index (χ2v) is 7.79.